The Morgan fingerprint density at radius 1 is 1.28 bits per heavy atom. The second-order valence-corrected chi connectivity index (χ2v) is 3.95. The monoisotopic (exact) mass is 257 g/mol. The Labute approximate surface area is 107 Å². The maximum absolute atomic E-state index is 13.2. The molecule has 0 unspecified atom stereocenters. The number of hydrogen-bond acceptors (Lipinski definition) is 4. The van der Waals surface area contributed by atoms with Crippen molar-refractivity contribution in [2.24, 2.45) is 0 Å². The van der Waals surface area contributed by atoms with E-state index in [9.17, 15) is 4.39 Å². The van der Waals surface area contributed by atoms with E-state index in [4.69, 9.17) is 14.6 Å². The van der Waals surface area contributed by atoms with Gasteiger partial charge in [0.15, 0.2) is 0 Å². The predicted octanol–water partition coefficient (Wildman–Crippen LogP) is 1.28. The van der Waals surface area contributed by atoms with Crippen LogP contribution in [0.2, 0.25) is 0 Å². The summed E-state index contributed by atoms with van der Waals surface area (Å²) in [5.41, 5.74) is 0.766. The number of benzene rings is 1. The number of hydrogen-bond donors (Lipinski definition) is 1. The van der Waals surface area contributed by atoms with Gasteiger partial charge in [-0.05, 0) is 18.2 Å². The number of nitrogens with zero attached hydrogens (tertiary/aromatic N) is 1. The van der Waals surface area contributed by atoms with Gasteiger partial charge in [0.1, 0.15) is 11.6 Å². The van der Waals surface area contributed by atoms with Crippen LogP contribution < -0.4 is 4.74 Å². The first-order valence-electron chi connectivity index (χ1n) is 5.85. The normalized spacial score (nSPS) is 10.9. The molecule has 18 heavy (non-hydrogen) atoms. The molecular formula is C13H20FNO3. The number of aliphatic hydroxyl groups is 1. The molecule has 1 N–H and O–H groups in total. The van der Waals surface area contributed by atoms with E-state index in [0.717, 1.165) is 5.56 Å². The van der Waals surface area contributed by atoms with Crippen LogP contribution in [0.15, 0.2) is 18.2 Å². The molecule has 5 heteroatoms. The molecule has 0 spiro atoms. The van der Waals surface area contributed by atoms with Gasteiger partial charge in [0.2, 0.25) is 0 Å². The van der Waals surface area contributed by atoms with Gasteiger partial charge in [-0.15, -0.1) is 0 Å². The fourth-order valence-corrected chi connectivity index (χ4v) is 1.74. The molecule has 1 rings (SSSR count). The van der Waals surface area contributed by atoms with Gasteiger partial charge < -0.3 is 14.6 Å². The lowest BCUT2D eigenvalue weighted by Crippen LogP contribution is -2.30. The van der Waals surface area contributed by atoms with Crippen molar-refractivity contribution in [3.63, 3.8) is 0 Å². The quantitative estimate of drug-likeness (QED) is 0.761. The first-order valence-corrected chi connectivity index (χ1v) is 5.85. The van der Waals surface area contributed by atoms with Crippen LogP contribution in [0.1, 0.15) is 5.56 Å². The van der Waals surface area contributed by atoms with Gasteiger partial charge in [-0.25, -0.2) is 4.39 Å². The Kier molecular flexibility index (Phi) is 6.64. The second-order valence-electron chi connectivity index (χ2n) is 3.95. The van der Waals surface area contributed by atoms with E-state index in [1.54, 1.807) is 20.3 Å². The van der Waals surface area contributed by atoms with Crippen LogP contribution >= 0.6 is 0 Å². The lowest BCUT2D eigenvalue weighted by molar-refractivity contribution is 0.126. The summed E-state index contributed by atoms with van der Waals surface area (Å²) in [5.74, 6) is 0.359. The van der Waals surface area contributed by atoms with Gasteiger partial charge in [0.05, 0.1) is 20.3 Å². The van der Waals surface area contributed by atoms with Gasteiger partial charge in [0.25, 0.3) is 0 Å². The zero-order valence-electron chi connectivity index (χ0n) is 10.9. The van der Waals surface area contributed by atoms with E-state index in [0.29, 0.717) is 32.0 Å². The summed E-state index contributed by atoms with van der Waals surface area (Å²) in [5, 5.41) is 9.01. The van der Waals surface area contributed by atoms with Crippen molar-refractivity contribution >= 4 is 0 Å². The number of aliphatic hydroxyl groups excluding tert-OH is 1. The third-order valence-electron chi connectivity index (χ3n) is 2.66. The fraction of sp³-hybridized carbons (Fsp3) is 0.538. The molecule has 0 aliphatic heterocycles. The lowest BCUT2D eigenvalue weighted by Gasteiger charge is -2.22. The summed E-state index contributed by atoms with van der Waals surface area (Å²) >= 11 is 0. The minimum atomic E-state index is -0.290. The van der Waals surface area contributed by atoms with E-state index < -0.39 is 0 Å². The molecule has 0 aliphatic carbocycles. The molecule has 0 aromatic heterocycles. The average molecular weight is 257 g/mol. The van der Waals surface area contributed by atoms with Crippen LogP contribution in [0.25, 0.3) is 0 Å². The molecule has 1 aromatic carbocycles. The van der Waals surface area contributed by atoms with Gasteiger partial charge in [-0.1, -0.05) is 0 Å². The minimum absolute atomic E-state index is 0.0569. The Morgan fingerprint density at radius 2 is 2.06 bits per heavy atom. The lowest BCUT2D eigenvalue weighted by atomic mass is 10.2. The average Bonchev–Trinajstić information content (AvgIpc) is 2.36. The van der Waals surface area contributed by atoms with Crippen LogP contribution in [0.5, 0.6) is 5.75 Å². The van der Waals surface area contributed by atoms with Crippen LogP contribution in [0, 0.1) is 5.82 Å². The van der Waals surface area contributed by atoms with Crippen molar-refractivity contribution in [1.82, 2.24) is 4.90 Å². The van der Waals surface area contributed by atoms with Gasteiger partial charge >= 0.3 is 0 Å². The van der Waals surface area contributed by atoms with Crippen molar-refractivity contribution in [2.75, 3.05) is 40.5 Å². The molecule has 102 valence electrons. The van der Waals surface area contributed by atoms with Crippen molar-refractivity contribution in [3.8, 4) is 5.75 Å². The molecule has 0 fully saturated rings. The number of ether oxygens (including phenoxy) is 2. The smallest absolute Gasteiger partial charge is 0.123 e. The zero-order chi connectivity index (χ0) is 13.4. The third-order valence-corrected chi connectivity index (χ3v) is 2.66. The highest BCUT2D eigenvalue weighted by Crippen LogP contribution is 2.20. The SMILES string of the molecule is COCCN(CCO)Cc1cc(F)ccc1OC. The molecule has 0 saturated heterocycles. The highest BCUT2D eigenvalue weighted by Gasteiger charge is 2.10. The molecule has 0 radical (unpaired) electrons. The molecule has 0 amide bonds. The predicted molar refractivity (Wildman–Crippen MR) is 67.2 cm³/mol. The van der Waals surface area contributed by atoms with Crippen LogP contribution in [-0.2, 0) is 11.3 Å². The standard InChI is InChI=1S/C13H20FNO3/c1-17-8-6-15(5-7-16)10-11-9-12(14)3-4-13(11)18-2/h3-4,9,16H,5-8,10H2,1-2H3. The molecule has 0 bridgehead atoms. The second kappa shape index (κ2) is 8.02. The van der Waals surface area contributed by atoms with Crippen molar-refractivity contribution in [2.45, 2.75) is 6.54 Å². The maximum atomic E-state index is 13.2. The summed E-state index contributed by atoms with van der Waals surface area (Å²) < 4.78 is 23.4. The Balaban J connectivity index is 2.74. The molecule has 0 saturated carbocycles. The highest BCUT2D eigenvalue weighted by atomic mass is 19.1. The summed E-state index contributed by atoms with van der Waals surface area (Å²) in [6, 6.07) is 4.43. The van der Waals surface area contributed by atoms with Gasteiger partial charge in [-0.3, -0.25) is 4.90 Å². The van der Waals surface area contributed by atoms with E-state index in [2.05, 4.69) is 0 Å². The number of rotatable bonds is 8. The first kappa shape index (κ1) is 14.9. The first-order chi connectivity index (χ1) is 8.71. The molecule has 4 nitrogen and oxygen atoms in total. The molecular weight excluding hydrogens is 237 g/mol. The topological polar surface area (TPSA) is 41.9 Å². The van der Waals surface area contributed by atoms with E-state index in [1.165, 1.54) is 12.1 Å². The largest absolute Gasteiger partial charge is 0.496 e. The van der Waals surface area contributed by atoms with Crippen molar-refractivity contribution < 1.29 is 19.0 Å². The zero-order valence-corrected chi connectivity index (χ0v) is 10.9. The minimum Gasteiger partial charge on any atom is -0.496 e. The van der Waals surface area contributed by atoms with E-state index in [1.807, 2.05) is 4.90 Å². The van der Waals surface area contributed by atoms with Gasteiger partial charge in [-0.2, -0.15) is 0 Å². The molecule has 0 aliphatic rings. The summed E-state index contributed by atoms with van der Waals surface area (Å²) in [7, 11) is 3.18. The van der Waals surface area contributed by atoms with E-state index in [-0.39, 0.29) is 12.4 Å². The van der Waals surface area contributed by atoms with Crippen LogP contribution in [-0.4, -0.2) is 50.5 Å². The number of halogens is 1. The van der Waals surface area contributed by atoms with Crippen molar-refractivity contribution in [3.05, 3.63) is 29.6 Å². The van der Waals surface area contributed by atoms with Crippen molar-refractivity contribution in [1.29, 1.82) is 0 Å². The molecule has 1 aromatic rings. The van der Waals surface area contributed by atoms with Crippen LogP contribution in [0.4, 0.5) is 4.39 Å². The Morgan fingerprint density at radius 3 is 2.67 bits per heavy atom. The maximum Gasteiger partial charge on any atom is 0.123 e. The highest BCUT2D eigenvalue weighted by molar-refractivity contribution is 5.33. The Hall–Kier alpha value is -1.17. The third kappa shape index (κ3) is 4.60. The molecule has 0 atom stereocenters. The Bertz CT molecular complexity index is 360. The van der Waals surface area contributed by atoms with Gasteiger partial charge in [0, 0.05) is 32.3 Å². The number of methoxy groups -OCH3 is 2. The summed E-state index contributed by atoms with van der Waals surface area (Å²) in [4.78, 5) is 1.99. The van der Waals surface area contributed by atoms with Crippen LogP contribution in [0.3, 0.4) is 0 Å². The van der Waals surface area contributed by atoms with E-state index >= 15 is 0 Å². The fourth-order valence-electron chi connectivity index (χ4n) is 1.74. The summed E-state index contributed by atoms with van der Waals surface area (Å²) in [6.45, 7) is 2.34. The summed E-state index contributed by atoms with van der Waals surface area (Å²) in [6.07, 6.45) is 0. The molecule has 0 heterocycles.